The van der Waals surface area contributed by atoms with Gasteiger partial charge in [0.25, 0.3) is 0 Å². The van der Waals surface area contributed by atoms with Crippen molar-refractivity contribution in [2.24, 2.45) is 0 Å². The summed E-state index contributed by atoms with van der Waals surface area (Å²) in [6.07, 6.45) is 3.55. The lowest BCUT2D eigenvalue weighted by Crippen LogP contribution is -2.44. The van der Waals surface area contributed by atoms with Crippen molar-refractivity contribution in [2.75, 3.05) is 26.7 Å². The van der Waals surface area contributed by atoms with Crippen molar-refractivity contribution in [3.05, 3.63) is 0 Å². The van der Waals surface area contributed by atoms with Crippen LogP contribution in [0.3, 0.4) is 0 Å². The first-order valence-electron chi connectivity index (χ1n) is 6.88. The third-order valence-corrected chi connectivity index (χ3v) is 3.39. The van der Waals surface area contributed by atoms with Crippen LogP contribution in [0.5, 0.6) is 0 Å². The van der Waals surface area contributed by atoms with Gasteiger partial charge in [0, 0.05) is 32.5 Å². The fourth-order valence-corrected chi connectivity index (χ4v) is 2.15. The highest BCUT2D eigenvalue weighted by atomic mass is 16.2. The van der Waals surface area contributed by atoms with E-state index in [1.54, 1.807) is 0 Å². The molecule has 0 aromatic rings. The number of nitrogens with zero attached hydrogens (tertiary/aromatic N) is 1. The Morgan fingerprint density at radius 1 is 1.28 bits per heavy atom. The molecule has 0 atom stereocenters. The molecule has 5 nitrogen and oxygen atoms in total. The topological polar surface area (TPSA) is 61.4 Å². The average molecular weight is 255 g/mol. The average Bonchev–Trinajstić information content (AvgIpc) is 2.42. The second-order valence-corrected chi connectivity index (χ2v) is 4.84. The van der Waals surface area contributed by atoms with Crippen molar-refractivity contribution in [2.45, 2.75) is 45.1 Å². The zero-order chi connectivity index (χ0) is 13.4. The molecule has 1 fully saturated rings. The quantitative estimate of drug-likeness (QED) is 0.726. The molecule has 0 bridgehead atoms. The highest BCUT2D eigenvalue weighted by molar-refractivity contribution is 5.83. The lowest BCUT2D eigenvalue weighted by atomic mass is 10.0. The molecule has 18 heavy (non-hydrogen) atoms. The maximum atomic E-state index is 11.9. The van der Waals surface area contributed by atoms with E-state index >= 15 is 0 Å². The molecule has 1 heterocycles. The predicted octanol–water partition coefficient (Wildman–Crippen LogP) is 0.503. The van der Waals surface area contributed by atoms with Crippen LogP contribution in [-0.4, -0.2) is 49.4 Å². The van der Waals surface area contributed by atoms with Crippen LogP contribution >= 0.6 is 0 Å². The SMILES string of the molecule is CCCNC(=O)CCC(=O)N(C)C1CCNCC1. The van der Waals surface area contributed by atoms with Crippen LogP contribution in [0.1, 0.15) is 39.0 Å². The summed E-state index contributed by atoms with van der Waals surface area (Å²) in [5.74, 6) is 0.0532. The van der Waals surface area contributed by atoms with Gasteiger partial charge in [-0.05, 0) is 32.4 Å². The van der Waals surface area contributed by atoms with Gasteiger partial charge < -0.3 is 15.5 Å². The number of hydrogen-bond acceptors (Lipinski definition) is 3. The molecule has 1 rings (SSSR count). The summed E-state index contributed by atoms with van der Waals surface area (Å²) in [5.41, 5.74) is 0. The Balaban J connectivity index is 2.24. The van der Waals surface area contributed by atoms with Crippen molar-refractivity contribution in [3.63, 3.8) is 0 Å². The van der Waals surface area contributed by atoms with Crippen LogP contribution in [0, 0.1) is 0 Å². The van der Waals surface area contributed by atoms with E-state index in [4.69, 9.17) is 0 Å². The molecule has 2 N–H and O–H groups in total. The van der Waals surface area contributed by atoms with Crippen molar-refractivity contribution in [3.8, 4) is 0 Å². The number of rotatable bonds is 6. The number of hydrogen-bond donors (Lipinski definition) is 2. The fraction of sp³-hybridized carbons (Fsp3) is 0.846. The Morgan fingerprint density at radius 2 is 1.94 bits per heavy atom. The van der Waals surface area contributed by atoms with Gasteiger partial charge in [0.1, 0.15) is 0 Å². The lowest BCUT2D eigenvalue weighted by Gasteiger charge is -2.31. The Labute approximate surface area is 109 Å². The third kappa shape index (κ3) is 5.04. The normalized spacial score (nSPS) is 16.3. The number of piperidine rings is 1. The minimum absolute atomic E-state index is 0.0242. The van der Waals surface area contributed by atoms with Gasteiger partial charge in [-0.2, -0.15) is 0 Å². The summed E-state index contributed by atoms with van der Waals surface area (Å²) in [6, 6.07) is 0.331. The van der Waals surface area contributed by atoms with E-state index in [1.807, 2.05) is 18.9 Å². The van der Waals surface area contributed by atoms with Crippen LogP contribution in [0.25, 0.3) is 0 Å². The van der Waals surface area contributed by atoms with Gasteiger partial charge in [-0.25, -0.2) is 0 Å². The van der Waals surface area contributed by atoms with Gasteiger partial charge in [0.05, 0.1) is 0 Å². The Bertz CT molecular complexity index is 275. The molecular weight excluding hydrogens is 230 g/mol. The molecule has 0 aliphatic carbocycles. The first kappa shape index (κ1) is 15.0. The van der Waals surface area contributed by atoms with E-state index < -0.39 is 0 Å². The molecule has 104 valence electrons. The summed E-state index contributed by atoms with van der Waals surface area (Å²) in [7, 11) is 1.85. The summed E-state index contributed by atoms with van der Waals surface area (Å²) < 4.78 is 0. The molecule has 0 aromatic carbocycles. The Hall–Kier alpha value is -1.10. The lowest BCUT2D eigenvalue weighted by molar-refractivity contribution is -0.134. The number of carbonyl (C=O) groups excluding carboxylic acids is 2. The van der Waals surface area contributed by atoms with Gasteiger partial charge in [0.2, 0.25) is 11.8 Å². The second-order valence-electron chi connectivity index (χ2n) is 4.84. The van der Waals surface area contributed by atoms with Gasteiger partial charge in [-0.1, -0.05) is 6.92 Å². The molecular formula is C13H25N3O2. The summed E-state index contributed by atoms with van der Waals surface area (Å²) in [4.78, 5) is 25.2. The molecule has 1 aliphatic rings. The molecule has 1 aliphatic heterocycles. The number of amides is 2. The number of carbonyl (C=O) groups is 2. The summed E-state index contributed by atoms with van der Waals surface area (Å²) in [5, 5.41) is 6.07. The first-order chi connectivity index (χ1) is 8.65. The molecule has 1 saturated heterocycles. The van der Waals surface area contributed by atoms with E-state index in [9.17, 15) is 9.59 Å². The smallest absolute Gasteiger partial charge is 0.223 e. The number of nitrogens with one attached hydrogen (secondary N) is 2. The van der Waals surface area contributed by atoms with Crippen LogP contribution in [0.2, 0.25) is 0 Å². The fourth-order valence-electron chi connectivity index (χ4n) is 2.15. The third-order valence-electron chi connectivity index (χ3n) is 3.39. The van der Waals surface area contributed by atoms with E-state index in [0.717, 1.165) is 32.4 Å². The maximum Gasteiger partial charge on any atom is 0.223 e. The molecule has 0 spiro atoms. The zero-order valence-corrected chi connectivity index (χ0v) is 11.5. The van der Waals surface area contributed by atoms with Gasteiger partial charge in [0.15, 0.2) is 0 Å². The van der Waals surface area contributed by atoms with Crippen molar-refractivity contribution in [1.29, 1.82) is 0 Å². The molecule has 0 unspecified atom stereocenters. The summed E-state index contributed by atoms with van der Waals surface area (Å²) in [6.45, 7) is 4.64. The van der Waals surface area contributed by atoms with E-state index in [1.165, 1.54) is 0 Å². The van der Waals surface area contributed by atoms with Crippen LogP contribution < -0.4 is 10.6 Å². The monoisotopic (exact) mass is 255 g/mol. The van der Waals surface area contributed by atoms with Crippen LogP contribution in [0.4, 0.5) is 0 Å². The zero-order valence-electron chi connectivity index (χ0n) is 11.5. The van der Waals surface area contributed by atoms with Crippen molar-refractivity contribution < 1.29 is 9.59 Å². The van der Waals surface area contributed by atoms with Crippen LogP contribution in [0.15, 0.2) is 0 Å². The molecule has 5 heteroatoms. The standard InChI is InChI=1S/C13H25N3O2/c1-3-8-15-12(17)4-5-13(18)16(2)11-6-9-14-10-7-11/h11,14H,3-10H2,1-2H3,(H,15,17). The Morgan fingerprint density at radius 3 is 2.56 bits per heavy atom. The van der Waals surface area contributed by atoms with Crippen LogP contribution in [-0.2, 0) is 9.59 Å². The largest absolute Gasteiger partial charge is 0.356 e. The van der Waals surface area contributed by atoms with E-state index in [0.29, 0.717) is 25.4 Å². The predicted molar refractivity (Wildman–Crippen MR) is 71.2 cm³/mol. The highest BCUT2D eigenvalue weighted by Crippen LogP contribution is 2.11. The van der Waals surface area contributed by atoms with E-state index in [2.05, 4.69) is 10.6 Å². The minimum atomic E-state index is -0.0242. The second kappa shape index (κ2) is 8.08. The molecule has 2 amide bonds. The Kier molecular flexibility index (Phi) is 6.72. The maximum absolute atomic E-state index is 11.9. The minimum Gasteiger partial charge on any atom is -0.356 e. The summed E-state index contributed by atoms with van der Waals surface area (Å²) >= 11 is 0. The first-order valence-corrected chi connectivity index (χ1v) is 6.88. The van der Waals surface area contributed by atoms with Crippen molar-refractivity contribution >= 4 is 11.8 Å². The molecule has 0 aromatic heterocycles. The molecule has 0 radical (unpaired) electrons. The highest BCUT2D eigenvalue weighted by Gasteiger charge is 2.21. The van der Waals surface area contributed by atoms with Gasteiger partial charge in [-0.3, -0.25) is 9.59 Å². The van der Waals surface area contributed by atoms with Crippen molar-refractivity contribution in [1.82, 2.24) is 15.5 Å². The van der Waals surface area contributed by atoms with Gasteiger partial charge in [-0.15, -0.1) is 0 Å². The molecule has 0 saturated carbocycles. The van der Waals surface area contributed by atoms with Gasteiger partial charge >= 0.3 is 0 Å². The van der Waals surface area contributed by atoms with E-state index in [-0.39, 0.29) is 11.8 Å².